The fraction of sp³-hybridized carbons (Fsp3) is 0.809. The van der Waals surface area contributed by atoms with E-state index in [1.54, 1.807) is 0 Å². The summed E-state index contributed by atoms with van der Waals surface area (Å²) in [6.07, 6.45) is 49.2. The van der Waals surface area contributed by atoms with Crippen LogP contribution in [0.3, 0.4) is 0 Å². The zero-order chi connectivity index (χ0) is 41.8. The molecule has 334 valence electrons. The number of hydrogen-bond acceptors (Lipinski definition) is 8. The lowest BCUT2D eigenvalue weighted by atomic mass is 10.1. The molecular formula is C47H87O9P. The molecule has 0 aromatic rings. The molecule has 10 heteroatoms. The number of carbonyl (C=O) groups is 1. The normalized spacial score (nSPS) is 14.4. The van der Waals surface area contributed by atoms with Crippen molar-refractivity contribution in [1.82, 2.24) is 0 Å². The van der Waals surface area contributed by atoms with E-state index in [-0.39, 0.29) is 19.6 Å². The second kappa shape index (κ2) is 44.0. The second-order valence-corrected chi connectivity index (χ2v) is 16.9. The van der Waals surface area contributed by atoms with Crippen molar-refractivity contribution in [1.29, 1.82) is 0 Å². The van der Waals surface area contributed by atoms with Crippen LogP contribution < -0.4 is 0 Å². The largest absolute Gasteiger partial charge is 0.472 e. The zero-order valence-corrected chi connectivity index (χ0v) is 37.4. The lowest BCUT2D eigenvalue weighted by molar-refractivity contribution is -0.154. The molecule has 0 aliphatic rings. The van der Waals surface area contributed by atoms with Crippen LogP contribution in [0.25, 0.3) is 0 Å². The average molecular weight is 827 g/mol. The Bertz CT molecular complexity index is 1030. The molecule has 0 aromatic carbocycles. The summed E-state index contributed by atoms with van der Waals surface area (Å²) in [7, 11) is -4.52. The van der Waals surface area contributed by atoms with Gasteiger partial charge in [0.1, 0.15) is 12.2 Å². The molecule has 57 heavy (non-hydrogen) atoms. The fourth-order valence-corrected chi connectivity index (χ4v) is 6.97. The van der Waals surface area contributed by atoms with Gasteiger partial charge in [-0.15, -0.1) is 0 Å². The van der Waals surface area contributed by atoms with Crippen molar-refractivity contribution >= 4 is 13.8 Å². The summed E-state index contributed by atoms with van der Waals surface area (Å²) in [4.78, 5) is 22.6. The SMILES string of the molecule is CCCCC/C=C\C/C=C\CCCCCCCCCCCCOCC(COP(=O)(O)OCC(O)CO)OC(=O)CCCCCCC/C=C\C/C=C\CCCCCC. The lowest BCUT2D eigenvalue weighted by Crippen LogP contribution is -2.29. The first-order valence-electron chi connectivity index (χ1n) is 23.1. The number of esters is 1. The molecule has 0 rings (SSSR count). The Morgan fingerprint density at radius 3 is 1.44 bits per heavy atom. The van der Waals surface area contributed by atoms with Gasteiger partial charge < -0.3 is 24.6 Å². The molecule has 0 amide bonds. The van der Waals surface area contributed by atoms with Crippen LogP contribution in [0.15, 0.2) is 48.6 Å². The minimum Gasteiger partial charge on any atom is -0.457 e. The van der Waals surface area contributed by atoms with Gasteiger partial charge in [0.05, 0.1) is 26.4 Å². The number of aliphatic hydroxyl groups is 2. The van der Waals surface area contributed by atoms with Crippen molar-refractivity contribution in [2.45, 2.75) is 212 Å². The molecule has 0 fully saturated rings. The maximum Gasteiger partial charge on any atom is 0.472 e. The molecule has 0 saturated carbocycles. The topological polar surface area (TPSA) is 132 Å². The summed E-state index contributed by atoms with van der Waals surface area (Å²) < 4.78 is 33.4. The van der Waals surface area contributed by atoms with Crippen LogP contribution in [0.1, 0.15) is 200 Å². The molecule has 0 aliphatic heterocycles. The number of ether oxygens (including phenoxy) is 2. The van der Waals surface area contributed by atoms with Crippen LogP contribution in [0.2, 0.25) is 0 Å². The molecule has 0 aliphatic carbocycles. The van der Waals surface area contributed by atoms with Gasteiger partial charge in [0.15, 0.2) is 0 Å². The Labute approximate surface area is 349 Å². The third-order valence-corrected chi connectivity index (χ3v) is 10.7. The van der Waals surface area contributed by atoms with Crippen LogP contribution in [0, 0.1) is 0 Å². The Balaban J connectivity index is 4.15. The first-order chi connectivity index (χ1) is 27.8. The molecule has 0 spiro atoms. The highest BCUT2D eigenvalue weighted by Crippen LogP contribution is 2.43. The molecule has 0 saturated heterocycles. The van der Waals surface area contributed by atoms with Crippen molar-refractivity contribution in [3.63, 3.8) is 0 Å². The third kappa shape index (κ3) is 43.8. The number of allylic oxidation sites excluding steroid dienone is 8. The van der Waals surface area contributed by atoms with E-state index in [0.29, 0.717) is 13.0 Å². The van der Waals surface area contributed by atoms with E-state index in [1.165, 1.54) is 109 Å². The van der Waals surface area contributed by atoms with Crippen molar-refractivity contribution < 1.29 is 43.0 Å². The zero-order valence-electron chi connectivity index (χ0n) is 36.6. The second-order valence-electron chi connectivity index (χ2n) is 15.4. The molecule has 0 radical (unpaired) electrons. The number of phosphoric acid groups is 1. The van der Waals surface area contributed by atoms with Gasteiger partial charge in [0.25, 0.3) is 0 Å². The average Bonchev–Trinajstić information content (AvgIpc) is 3.20. The number of aliphatic hydroxyl groups excluding tert-OH is 2. The Morgan fingerprint density at radius 1 is 0.544 bits per heavy atom. The number of rotatable bonds is 44. The number of carbonyl (C=O) groups excluding carboxylic acids is 1. The summed E-state index contributed by atoms with van der Waals surface area (Å²) in [5, 5.41) is 18.4. The number of phosphoric ester groups is 1. The van der Waals surface area contributed by atoms with Crippen LogP contribution in [0.4, 0.5) is 0 Å². The highest BCUT2D eigenvalue weighted by Gasteiger charge is 2.26. The van der Waals surface area contributed by atoms with Crippen molar-refractivity contribution in [2.75, 3.05) is 33.0 Å². The molecule has 9 nitrogen and oxygen atoms in total. The van der Waals surface area contributed by atoms with E-state index in [9.17, 15) is 19.4 Å². The third-order valence-electron chi connectivity index (χ3n) is 9.74. The van der Waals surface area contributed by atoms with Crippen molar-refractivity contribution in [2.24, 2.45) is 0 Å². The summed E-state index contributed by atoms with van der Waals surface area (Å²) in [6, 6.07) is 0. The van der Waals surface area contributed by atoms with E-state index in [4.69, 9.17) is 23.6 Å². The summed E-state index contributed by atoms with van der Waals surface area (Å²) in [6.45, 7) is 3.46. The van der Waals surface area contributed by atoms with E-state index in [1.807, 2.05) is 0 Å². The van der Waals surface area contributed by atoms with Crippen LogP contribution in [-0.4, -0.2) is 66.3 Å². The van der Waals surface area contributed by atoms with Crippen LogP contribution in [0.5, 0.6) is 0 Å². The first kappa shape index (κ1) is 55.4. The molecule has 3 atom stereocenters. The lowest BCUT2D eigenvalue weighted by Gasteiger charge is -2.20. The number of hydrogen-bond donors (Lipinski definition) is 3. The van der Waals surface area contributed by atoms with Gasteiger partial charge >= 0.3 is 13.8 Å². The minimum atomic E-state index is -4.52. The quantitative estimate of drug-likeness (QED) is 0.0238. The Hall–Kier alpha value is -1.58. The summed E-state index contributed by atoms with van der Waals surface area (Å²) >= 11 is 0. The van der Waals surface area contributed by atoms with Crippen LogP contribution in [-0.2, 0) is 27.9 Å². The Kier molecular flexibility index (Phi) is 42.8. The highest BCUT2D eigenvalue weighted by molar-refractivity contribution is 7.47. The Morgan fingerprint density at radius 2 is 0.947 bits per heavy atom. The maximum absolute atomic E-state index is 12.6. The molecule has 3 N–H and O–H groups in total. The molecular weight excluding hydrogens is 739 g/mol. The van der Waals surface area contributed by atoms with E-state index in [0.717, 1.165) is 64.2 Å². The molecule has 0 bridgehead atoms. The van der Waals surface area contributed by atoms with Gasteiger partial charge in [-0.2, -0.15) is 0 Å². The standard InChI is InChI=1S/C47H87O9P/c1-3-5-7-9-11-13-15-17-19-21-22-23-24-26-28-30-32-34-36-38-40-53-43-46(44-55-57(51,52)54-42-45(49)41-48)56-47(50)39-37-35-33-31-29-27-25-20-18-16-14-12-10-8-6-4-2/h11,13-14,16-17,19-20,25,45-46,48-49H,3-10,12,15,18,21-24,26-44H2,1-2H3,(H,51,52)/b13-11-,16-14-,19-17-,25-20-. The first-order valence-corrected chi connectivity index (χ1v) is 24.6. The van der Waals surface area contributed by atoms with Crippen molar-refractivity contribution in [3.05, 3.63) is 48.6 Å². The summed E-state index contributed by atoms with van der Waals surface area (Å²) in [5.74, 6) is -0.397. The summed E-state index contributed by atoms with van der Waals surface area (Å²) in [5.41, 5.74) is 0. The van der Waals surface area contributed by atoms with Gasteiger partial charge in [-0.25, -0.2) is 4.57 Å². The van der Waals surface area contributed by atoms with Crippen LogP contribution >= 0.6 is 7.82 Å². The van der Waals surface area contributed by atoms with E-state index >= 15 is 0 Å². The fourth-order valence-electron chi connectivity index (χ4n) is 6.18. The monoisotopic (exact) mass is 827 g/mol. The highest BCUT2D eigenvalue weighted by atomic mass is 31.2. The predicted molar refractivity (Wildman–Crippen MR) is 237 cm³/mol. The molecule has 0 aromatic heterocycles. The van der Waals surface area contributed by atoms with Gasteiger partial charge in [-0.3, -0.25) is 13.8 Å². The van der Waals surface area contributed by atoms with E-state index in [2.05, 4.69) is 62.5 Å². The van der Waals surface area contributed by atoms with Crippen molar-refractivity contribution in [3.8, 4) is 0 Å². The van der Waals surface area contributed by atoms with Gasteiger partial charge in [0, 0.05) is 13.0 Å². The van der Waals surface area contributed by atoms with Gasteiger partial charge in [-0.1, -0.05) is 165 Å². The van der Waals surface area contributed by atoms with Gasteiger partial charge in [-0.05, 0) is 77.0 Å². The van der Waals surface area contributed by atoms with E-state index < -0.39 is 39.2 Å². The minimum absolute atomic E-state index is 0.0409. The molecule has 3 unspecified atom stereocenters. The smallest absolute Gasteiger partial charge is 0.457 e. The van der Waals surface area contributed by atoms with Gasteiger partial charge in [0.2, 0.25) is 0 Å². The predicted octanol–water partition coefficient (Wildman–Crippen LogP) is 13.0. The molecule has 0 heterocycles. The number of unbranched alkanes of at least 4 members (excludes halogenated alkanes) is 22. The maximum atomic E-state index is 12.6.